The molecule has 3 rings (SSSR count). The van der Waals surface area contributed by atoms with Gasteiger partial charge in [-0.2, -0.15) is 0 Å². The first-order valence-corrected chi connectivity index (χ1v) is 7.16. The van der Waals surface area contributed by atoms with Crippen LogP contribution in [0.3, 0.4) is 0 Å². The number of nitrogens with zero attached hydrogens (tertiary/aromatic N) is 3. The summed E-state index contributed by atoms with van der Waals surface area (Å²) in [6, 6.07) is 11.2. The number of aryl methyl sites for hydroxylation is 1. The molecule has 122 valence electrons. The van der Waals surface area contributed by atoms with Gasteiger partial charge in [-0.05, 0) is 19.1 Å². The van der Waals surface area contributed by atoms with Crippen LogP contribution in [-0.4, -0.2) is 19.7 Å². The first-order chi connectivity index (χ1) is 11.5. The van der Waals surface area contributed by atoms with Crippen molar-refractivity contribution >= 4 is 16.6 Å². The Hall–Kier alpha value is -3.42. The lowest BCUT2D eigenvalue weighted by Crippen LogP contribution is -2.31. The zero-order valence-electron chi connectivity index (χ0n) is 12.8. The van der Waals surface area contributed by atoms with E-state index in [0.717, 1.165) is 0 Å². The molecular formula is C16H14N4O4. The molecule has 8 nitrogen and oxygen atoms in total. The molecule has 8 heteroatoms. The first kappa shape index (κ1) is 15.5. The Balaban J connectivity index is 1.96. The van der Waals surface area contributed by atoms with Crippen molar-refractivity contribution in [3.63, 3.8) is 0 Å². The second-order valence-corrected chi connectivity index (χ2v) is 5.19. The van der Waals surface area contributed by atoms with Crippen molar-refractivity contribution in [1.82, 2.24) is 9.66 Å². The Morgan fingerprint density at radius 3 is 2.75 bits per heavy atom. The van der Waals surface area contributed by atoms with Crippen LogP contribution in [0, 0.1) is 17.0 Å². The normalized spacial score (nSPS) is 10.7. The van der Waals surface area contributed by atoms with Crippen LogP contribution in [-0.2, 0) is 6.54 Å². The molecule has 0 unspecified atom stereocenters. The van der Waals surface area contributed by atoms with Crippen molar-refractivity contribution in [3.05, 3.63) is 74.3 Å². The maximum Gasteiger partial charge on any atom is 0.311 e. The third kappa shape index (κ3) is 2.65. The minimum atomic E-state index is -0.659. The topological polar surface area (TPSA) is 110 Å². The van der Waals surface area contributed by atoms with E-state index in [-0.39, 0.29) is 17.8 Å². The van der Waals surface area contributed by atoms with Crippen LogP contribution < -0.4 is 11.0 Å². The molecule has 0 amide bonds. The molecule has 3 aromatic rings. The van der Waals surface area contributed by atoms with Gasteiger partial charge in [0.1, 0.15) is 5.82 Å². The van der Waals surface area contributed by atoms with Gasteiger partial charge >= 0.3 is 5.69 Å². The maximum absolute atomic E-state index is 12.5. The number of hydrogen-bond acceptors (Lipinski definition) is 6. The molecule has 0 aliphatic heterocycles. The standard InChI is InChI=1S/C16H14N4O4/c1-10-18-13-7-3-2-6-12(13)16(22)19(10)17-9-11-5-4-8-14(15(11)21)20(23)24/h2-8,17,21H,9H2,1H3. The molecule has 24 heavy (non-hydrogen) atoms. The molecular weight excluding hydrogens is 312 g/mol. The van der Waals surface area contributed by atoms with Gasteiger partial charge in [0.15, 0.2) is 5.75 Å². The number of phenolic OH excluding ortho intramolecular Hbond substituents is 1. The van der Waals surface area contributed by atoms with E-state index in [4.69, 9.17) is 0 Å². The van der Waals surface area contributed by atoms with E-state index >= 15 is 0 Å². The van der Waals surface area contributed by atoms with E-state index in [9.17, 15) is 20.0 Å². The summed E-state index contributed by atoms with van der Waals surface area (Å²) in [5, 5.41) is 21.3. The number of para-hydroxylation sites is 2. The van der Waals surface area contributed by atoms with Gasteiger partial charge in [-0.25, -0.2) is 9.66 Å². The van der Waals surface area contributed by atoms with Gasteiger partial charge in [-0.1, -0.05) is 24.3 Å². The summed E-state index contributed by atoms with van der Waals surface area (Å²) in [6.07, 6.45) is 0. The summed E-state index contributed by atoms with van der Waals surface area (Å²) < 4.78 is 1.26. The van der Waals surface area contributed by atoms with Crippen molar-refractivity contribution in [2.24, 2.45) is 0 Å². The number of aromatic nitrogens is 2. The fraction of sp³-hybridized carbons (Fsp3) is 0.125. The van der Waals surface area contributed by atoms with E-state index in [1.165, 1.54) is 16.8 Å². The summed E-state index contributed by atoms with van der Waals surface area (Å²) >= 11 is 0. The molecule has 2 aromatic carbocycles. The molecule has 0 bridgehead atoms. The summed E-state index contributed by atoms with van der Waals surface area (Å²) in [5.74, 6) is 0.0260. The van der Waals surface area contributed by atoms with E-state index < -0.39 is 10.7 Å². The predicted octanol–water partition coefficient (Wildman–Crippen LogP) is 2.06. The third-order valence-corrected chi connectivity index (χ3v) is 3.67. The second kappa shape index (κ2) is 5.99. The molecule has 0 spiro atoms. The first-order valence-electron chi connectivity index (χ1n) is 7.16. The minimum absolute atomic E-state index is 0.0360. The Morgan fingerprint density at radius 2 is 2.00 bits per heavy atom. The minimum Gasteiger partial charge on any atom is -0.502 e. The second-order valence-electron chi connectivity index (χ2n) is 5.19. The fourth-order valence-electron chi connectivity index (χ4n) is 2.46. The average Bonchev–Trinajstić information content (AvgIpc) is 2.55. The van der Waals surface area contributed by atoms with E-state index in [0.29, 0.717) is 22.3 Å². The van der Waals surface area contributed by atoms with Crippen molar-refractivity contribution in [2.75, 3.05) is 5.43 Å². The number of nitrogens with one attached hydrogen (secondary N) is 1. The number of benzene rings is 2. The van der Waals surface area contributed by atoms with Gasteiger partial charge in [-0.3, -0.25) is 14.9 Å². The van der Waals surface area contributed by atoms with Crippen LogP contribution in [0.4, 0.5) is 5.69 Å². The lowest BCUT2D eigenvalue weighted by molar-refractivity contribution is -0.385. The Bertz CT molecular complexity index is 997. The van der Waals surface area contributed by atoms with Gasteiger partial charge in [0, 0.05) is 11.6 Å². The van der Waals surface area contributed by atoms with Crippen LogP contribution in [0.5, 0.6) is 5.75 Å². The lowest BCUT2D eigenvalue weighted by Gasteiger charge is -2.13. The number of nitro benzene ring substituents is 1. The summed E-state index contributed by atoms with van der Waals surface area (Å²) in [7, 11) is 0. The van der Waals surface area contributed by atoms with Crippen LogP contribution in [0.15, 0.2) is 47.3 Å². The average molecular weight is 326 g/mol. The number of rotatable bonds is 4. The third-order valence-electron chi connectivity index (χ3n) is 3.67. The predicted molar refractivity (Wildman–Crippen MR) is 88.6 cm³/mol. The molecule has 0 aliphatic rings. The smallest absolute Gasteiger partial charge is 0.311 e. The van der Waals surface area contributed by atoms with E-state index in [2.05, 4.69) is 10.4 Å². The molecule has 0 radical (unpaired) electrons. The summed E-state index contributed by atoms with van der Waals surface area (Å²) in [5.41, 5.74) is 3.10. The van der Waals surface area contributed by atoms with Crippen LogP contribution in [0.1, 0.15) is 11.4 Å². The fourth-order valence-corrected chi connectivity index (χ4v) is 2.46. The van der Waals surface area contributed by atoms with Crippen LogP contribution >= 0.6 is 0 Å². The maximum atomic E-state index is 12.5. The van der Waals surface area contributed by atoms with Gasteiger partial charge < -0.3 is 10.5 Å². The van der Waals surface area contributed by atoms with Crippen LogP contribution in [0.2, 0.25) is 0 Å². The zero-order chi connectivity index (χ0) is 17.3. The number of fused-ring (bicyclic) bond motifs is 1. The van der Waals surface area contributed by atoms with Gasteiger partial charge in [0.2, 0.25) is 0 Å². The Morgan fingerprint density at radius 1 is 1.25 bits per heavy atom. The highest BCUT2D eigenvalue weighted by Crippen LogP contribution is 2.29. The number of phenols is 1. The Kier molecular flexibility index (Phi) is 3.87. The summed E-state index contributed by atoms with van der Waals surface area (Å²) in [4.78, 5) is 27.1. The summed E-state index contributed by atoms with van der Waals surface area (Å²) in [6.45, 7) is 1.71. The van der Waals surface area contributed by atoms with Gasteiger partial charge in [-0.15, -0.1) is 0 Å². The highest BCUT2D eigenvalue weighted by Gasteiger charge is 2.16. The SMILES string of the molecule is Cc1nc2ccccc2c(=O)n1NCc1cccc([N+](=O)[O-])c1O. The Labute approximate surface area is 136 Å². The lowest BCUT2D eigenvalue weighted by atomic mass is 10.2. The molecule has 0 atom stereocenters. The van der Waals surface area contributed by atoms with Gasteiger partial charge in [0.05, 0.1) is 22.4 Å². The molecule has 1 heterocycles. The monoisotopic (exact) mass is 326 g/mol. The molecule has 0 saturated heterocycles. The number of hydrogen-bond donors (Lipinski definition) is 2. The molecule has 0 aliphatic carbocycles. The van der Waals surface area contributed by atoms with E-state index in [1.807, 2.05) is 0 Å². The van der Waals surface area contributed by atoms with Crippen molar-refractivity contribution in [3.8, 4) is 5.75 Å². The largest absolute Gasteiger partial charge is 0.502 e. The van der Waals surface area contributed by atoms with E-state index in [1.54, 1.807) is 37.3 Å². The zero-order valence-corrected chi connectivity index (χ0v) is 12.8. The highest BCUT2D eigenvalue weighted by atomic mass is 16.6. The van der Waals surface area contributed by atoms with Crippen molar-refractivity contribution in [2.45, 2.75) is 13.5 Å². The van der Waals surface area contributed by atoms with Crippen LogP contribution in [0.25, 0.3) is 10.9 Å². The van der Waals surface area contributed by atoms with Crippen molar-refractivity contribution < 1.29 is 10.0 Å². The van der Waals surface area contributed by atoms with Crippen molar-refractivity contribution in [1.29, 1.82) is 0 Å². The highest BCUT2D eigenvalue weighted by molar-refractivity contribution is 5.77. The molecule has 2 N–H and O–H groups in total. The van der Waals surface area contributed by atoms with Gasteiger partial charge in [0.25, 0.3) is 5.56 Å². The number of nitro groups is 1. The molecule has 1 aromatic heterocycles. The molecule has 0 fully saturated rings. The molecule has 0 saturated carbocycles. The number of aromatic hydroxyl groups is 1. The quantitative estimate of drug-likeness (QED) is 0.561.